The monoisotopic (exact) mass is 350 g/mol. The Kier molecular flexibility index (Phi) is 5.46. The van der Waals surface area contributed by atoms with Gasteiger partial charge in [-0.05, 0) is 0 Å². The van der Waals surface area contributed by atoms with Gasteiger partial charge in [-0.1, -0.05) is 0 Å². The summed E-state index contributed by atoms with van der Waals surface area (Å²) in [6.07, 6.45) is 15.7. The predicted molar refractivity (Wildman–Crippen MR) is 93.8 cm³/mol. The Balaban J connectivity index is 1.53. The second-order valence-corrected chi connectivity index (χ2v) is 9.95. The summed E-state index contributed by atoms with van der Waals surface area (Å²) in [5.74, 6) is 3.10. The molecule has 116 valence electrons. The van der Waals surface area contributed by atoms with E-state index in [2.05, 4.69) is 32.1 Å². The Hall–Kier alpha value is -0.261. The fourth-order valence-electron chi connectivity index (χ4n) is 4.47. The van der Waals surface area contributed by atoms with Crippen LogP contribution in [0.25, 0.3) is 5.57 Å². The third-order valence-electron chi connectivity index (χ3n) is 5.76. The molecule has 0 bridgehead atoms. The van der Waals surface area contributed by atoms with Crippen LogP contribution in [-0.2, 0) is 0 Å². The van der Waals surface area contributed by atoms with Crippen LogP contribution in [0.2, 0.25) is 0 Å². The molecule has 1 saturated carbocycles. The molecule has 1 aromatic heterocycles. The standard InChI is InChI=1S/C20H30Se/c1-3-4-16-6-8-17(9-7-16)18-10-12-19(13-11-18)20-14-5-15(2)21-20/h5,12,14,16-18H,3-4,6-11,13H2,1-2H3. The van der Waals surface area contributed by atoms with Gasteiger partial charge in [0.25, 0.3) is 0 Å². The third kappa shape index (κ3) is 3.93. The summed E-state index contributed by atoms with van der Waals surface area (Å²) in [7, 11) is 0. The van der Waals surface area contributed by atoms with Gasteiger partial charge in [0.2, 0.25) is 0 Å². The normalized spacial score (nSPS) is 30.2. The van der Waals surface area contributed by atoms with Crippen molar-refractivity contribution < 1.29 is 0 Å². The summed E-state index contributed by atoms with van der Waals surface area (Å²) in [5, 5.41) is 0. The average molecular weight is 349 g/mol. The fraction of sp³-hybridized carbons (Fsp3) is 0.700. The SMILES string of the molecule is CCCC1CCC(C2CC=C(c3ccc(C)[se]3)CC2)CC1. The molecule has 0 nitrogen and oxygen atoms in total. The second kappa shape index (κ2) is 7.34. The number of allylic oxidation sites excluding steroid dienone is 2. The number of rotatable bonds is 4. The molecule has 0 spiro atoms. The first-order chi connectivity index (χ1) is 10.3. The van der Waals surface area contributed by atoms with Gasteiger partial charge in [0.1, 0.15) is 0 Å². The van der Waals surface area contributed by atoms with E-state index in [0.717, 1.165) is 17.8 Å². The minimum absolute atomic E-state index is 0.636. The number of hydrogen-bond acceptors (Lipinski definition) is 0. The van der Waals surface area contributed by atoms with E-state index in [4.69, 9.17) is 0 Å². The van der Waals surface area contributed by atoms with Crippen molar-refractivity contribution in [2.75, 3.05) is 0 Å². The van der Waals surface area contributed by atoms with Gasteiger partial charge >= 0.3 is 137 Å². The van der Waals surface area contributed by atoms with E-state index < -0.39 is 0 Å². The Morgan fingerprint density at radius 2 is 1.86 bits per heavy atom. The van der Waals surface area contributed by atoms with Crippen molar-refractivity contribution in [1.82, 2.24) is 0 Å². The molecule has 0 amide bonds. The molecule has 1 fully saturated rings. The first-order valence-electron chi connectivity index (χ1n) is 9.02. The van der Waals surface area contributed by atoms with Gasteiger partial charge in [-0.15, -0.1) is 0 Å². The topological polar surface area (TPSA) is 0 Å². The zero-order valence-corrected chi connectivity index (χ0v) is 15.4. The van der Waals surface area contributed by atoms with Crippen molar-refractivity contribution in [2.45, 2.75) is 71.6 Å². The van der Waals surface area contributed by atoms with Crippen molar-refractivity contribution >= 4 is 20.1 Å². The summed E-state index contributed by atoms with van der Waals surface area (Å²) in [4.78, 5) is 0. The van der Waals surface area contributed by atoms with Crippen molar-refractivity contribution in [3.8, 4) is 0 Å². The Bertz CT molecular complexity index is 474. The first kappa shape index (κ1) is 15.6. The molecule has 0 saturated heterocycles. The molecule has 1 heteroatoms. The molecule has 1 heterocycles. The molecule has 1 aromatic rings. The van der Waals surface area contributed by atoms with Crippen LogP contribution in [0.15, 0.2) is 18.2 Å². The molecule has 3 rings (SSSR count). The molecule has 1 atom stereocenters. The Morgan fingerprint density at radius 1 is 1.05 bits per heavy atom. The van der Waals surface area contributed by atoms with E-state index >= 15 is 0 Å². The molecule has 0 aromatic carbocycles. The van der Waals surface area contributed by atoms with Crippen LogP contribution in [0.3, 0.4) is 0 Å². The molecule has 2 aliphatic rings. The summed E-state index contributed by atoms with van der Waals surface area (Å²) >= 11 is 0.636. The summed E-state index contributed by atoms with van der Waals surface area (Å²) < 4.78 is 3.26. The summed E-state index contributed by atoms with van der Waals surface area (Å²) in [5.41, 5.74) is 1.69. The first-order valence-corrected chi connectivity index (χ1v) is 10.7. The van der Waals surface area contributed by atoms with Gasteiger partial charge < -0.3 is 0 Å². The Labute approximate surface area is 136 Å². The van der Waals surface area contributed by atoms with Crippen LogP contribution in [0.1, 0.15) is 73.6 Å². The molecule has 1 unspecified atom stereocenters. The maximum absolute atomic E-state index is 2.60. The number of aryl methyl sites for hydroxylation is 1. The quantitative estimate of drug-likeness (QED) is 0.599. The van der Waals surface area contributed by atoms with Crippen LogP contribution < -0.4 is 0 Å². The van der Waals surface area contributed by atoms with E-state index in [-0.39, 0.29) is 0 Å². The van der Waals surface area contributed by atoms with Gasteiger partial charge in [-0.2, -0.15) is 0 Å². The van der Waals surface area contributed by atoms with Crippen LogP contribution >= 0.6 is 0 Å². The van der Waals surface area contributed by atoms with Crippen LogP contribution in [-0.4, -0.2) is 14.5 Å². The Morgan fingerprint density at radius 3 is 2.43 bits per heavy atom. The van der Waals surface area contributed by atoms with E-state index in [1.54, 1.807) is 14.4 Å². The van der Waals surface area contributed by atoms with Crippen LogP contribution in [0.5, 0.6) is 0 Å². The van der Waals surface area contributed by atoms with E-state index in [9.17, 15) is 0 Å². The summed E-state index contributed by atoms with van der Waals surface area (Å²) in [6, 6.07) is 4.72. The predicted octanol–water partition coefficient (Wildman–Crippen LogP) is 5.84. The zero-order valence-electron chi connectivity index (χ0n) is 13.7. The van der Waals surface area contributed by atoms with Gasteiger partial charge in [0, 0.05) is 0 Å². The van der Waals surface area contributed by atoms with E-state index in [1.165, 1.54) is 57.8 Å². The minimum atomic E-state index is 0.636. The number of hydrogen-bond donors (Lipinski definition) is 0. The molecular weight excluding hydrogens is 319 g/mol. The molecule has 0 N–H and O–H groups in total. The summed E-state index contributed by atoms with van der Waals surface area (Å²) in [6.45, 7) is 4.62. The zero-order chi connectivity index (χ0) is 14.7. The maximum atomic E-state index is 2.60. The van der Waals surface area contributed by atoms with Crippen molar-refractivity contribution in [3.63, 3.8) is 0 Å². The molecule has 0 aliphatic heterocycles. The van der Waals surface area contributed by atoms with Crippen molar-refractivity contribution in [2.24, 2.45) is 17.8 Å². The fourth-order valence-corrected chi connectivity index (χ4v) is 6.43. The van der Waals surface area contributed by atoms with Crippen molar-refractivity contribution in [1.29, 1.82) is 0 Å². The van der Waals surface area contributed by atoms with Crippen LogP contribution in [0, 0.1) is 24.7 Å². The van der Waals surface area contributed by atoms with Gasteiger partial charge in [0.05, 0.1) is 0 Å². The van der Waals surface area contributed by atoms with Crippen molar-refractivity contribution in [3.05, 3.63) is 27.1 Å². The van der Waals surface area contributed by atoms with E-state index in [0.29, 0.717) is 14.5 Å². The second-order valence-electron chi connectivity index (χ2n) is 7.24. The van der Waals surface area contributed by atoms with Gasteiger partial charge in [-0.25, -0.2) is 0 Å². The van der Waals surface area contributed by atoms with Gasteiger partial charge in [0.15, 0.2) is 0 Å². The molecule has 2 aliphatic carbocycles. The van der Waals surface area contributed by atoms with E-state index in [1.807, 2.05) is 0 Å². The third-order valence-corrected chi connectivity index (χ3v) is 8.02. The molecule has 0 radical (unpaired) electrons. The van der Waals surface area contributed by atoms with Crippen LogP contribution in [0.4, 0.5) is 0 Å². The van der Waals surface area contributed by atoms with Gasteiger partial charge in [-0.3, -0.25) is 0 Å². The average Bonchev–Trinajstić information content (AvgIpc) is 2.95. The molecular formula is C20H30Se. The molecule has 21 heavy (non-hydrogen) atoms.